The van der Waals surface area contributed by atoms with Gasteiger partial charge in [0.15, 0.2) is 0 Å². The molecule has 1 atom stereocenters. The molecule has 0 aromatic rings. The lowest BCUT2D eigenvalue weighted by Gasteiger charge is -2.30. The smallest absolute Gasteiger partial charge is 0.243 e. The Balaban J connectivity index is 4.16. The monoisotopic (exact) mass is 295 g/mol. The molecule has 1 N–H and O–H groups in total. The van der Waals surface area contributed by atoms with Gasteiger partial charge < -0.3 is 5.32 Å². The van der Waals surface area contributed by atoms with Gasteiger partial charge in [0.1, 0.15) is 0 Å². The van der Waals surface area contributed by atoms with Crippen LogP contribution in [0.1, 0.15) is 91.4 Å². The summed E-state index contributed by atoms with van der Waals surface area (Å²) < 4.78 is 0. The average molecular weight is 296 g/mol. The van der Waals surface area contributed by atoms with E-state index in [0.717, 1.165) is 6.54 Å². The summed E-state index contributed by atoms with van der Waals surface area (Å²) in [5.41, 5.74) is 0.249. The van der Waals surface area contributed by atoms with Gasteiger partial charge >= 0.3 is 0 Å². The van der Waals surface area contributed by atoms with Crippen molar-refractivity contribution in [3.05, 3.63) is 12.7 Å². The molecule has 0 aromatic carbocycles. The Bertz CT molecular complexity index is 275. The fraction of sp³-hybridized carbons (Fsp3) is 0.842. The molecule has 1 unspecified atom stereocenters. The summed E-state index contributed by atoms with van der Waals surface area (Å²) in [6.45, 7) is 11.2. The van der Waals surface area contributed by atoms with Crippen LogP contribution in [0, 0.1) is 5.41 Å². The fourth-order valence-corrected chi connectivity index (χ4v) is 2.81. The van der Waals surface area contributed by atoms with E-state index < -0.39 is 0 Å². The first-order valence-electron chi connectivity index (χ1n) is 8.98. The predicted octanol–water partition coefficient (Wildman–Crippen LogP) is 5.63. The zero-order chi connectivity index (χ0) is 16.0. The largest absolute Gasteiger partial charge is 0.352 e. The van der Waals surface area contributed by atoms with Crippen LogP contribution >= 0.6 is 0 Å². The molecule has 0 saturated carbocycles. The summed E-state index contributed by atoms with van der Waals surface area (Å²) >= 11 is 0. The summed E-state index contributed by atoms with van der Waals surface area (Å²) in [6.07, 6.45) is 15.6. The van der Waals surface area contributed by atoms with E-state index >= 15 is 0 Å². The molecule has 0 rings (SSSR count). The summed E-state index contributed by atoms with van der Waals surface area (Å²) in [4.78, 5) is 11.4. The number of rotatable bonds is 14. The molecule has 0 heterocycles. The molecule has 0 aliphatic heterocycles. The second-order valence-corrected chi connectivity index (χ2v) is 6.71. The molecule has 2 heteroatoms. The quantitative estimate of drug-likeness (QED) is 0.327. The SMILES string of the molecule is C=CC(=O)NCC(C)(CCCCCC)CCCCCCC. The van der Waals surface area contributed by atoms with Gasteiger partial charge in [0.25, 0.3) is 0 Å². The second kappa shape index (κ2) is 12.9. The average Bonchev–Trinajstić information content (AvgIpc) is 2.49. The first-order chi connectivity index (χ1) is 10.1. The minimum absolute atomic E-state index is 0.0410. The van der Waals surface area contributed by atoms with Gasteiger partial charge in [-0.3, -0.25) is 4.79 Å². The first-order valence-corrected chi connectivity index (χ1v) is 8.98. The maximum absolute atomic E-state index is 11.4. The number of hydrogen-bond acceptors (Lipinski definition) is 1. The van der Waals surface area contributed by atoms with Crippen molar-refractivity contribution in [2.45, 2.75) is 91.4 Å². The Morgan fingerprint density at radius 1 is 0.952 bits per heavy atom. The Kier molecular flexibility index (Phi) is 12.4. The van der Waals surface area contributed by atoms with Crippen molar-refractivity contribution in [3.8, 4) is 0 Å². The predicted molar refractivity (Wildman–Crippen MR) is 93.4 cm³/mol. The summed E-state index contributed by atoms with van der Waals surface area (Å²) in [7, 11) is 0. The summed E-state index contributed by atoms with van der Waals surface area (Å²) in [5.74, 6) is -0.0410. The van der Waals surface area contributed by atoms with Crippen LogP contribution in [0.5, 0.6) is 0 Å². The third-order valence-electron chi connectivity index (χ3n) is 4.39. The Morgan fingerprint density at radius 3 is 1.90 bits per heavy atom. The van der Waals surface area contributed by atoms with E-state index in [-0.39, 0.29) is 11.3 Å². The summed E-state index contributed by atoms with van der Waals surface area (Å²) in [6, 6.07) is 0. The van der Waals surface area contributed by atoms with Crippen molar-refractivity contribution in [3.63, 3.8) is 0 Å². The van der Waals surface area contributed by atoms with Crippen molar-refractivity contribution in [1.29, 1.82) is 0 Å². The second-order valence-electron chi connectivity index (χ2n) is 6.71. The van der Waals surface area contributed by atoms with Crippen molar-refractivity contribution >= 4 is 5.91 Å². The van der Waals surface area contributed by atoms with Crippen molar-refractivity contribution in [1.82, 2.24) is 5.32 Å². The van der Waals surface area contributed by atoms with Gasteiger partial charge in [-0.05, 0) is 24.3 Å². The summed E-state index contributed by atoms with van der Waals surface area (Å²) in [5, 5.41) is 3.01. The number of carbonyl (C=O) groups is 1. The van der Waals surface area contributed by atoms with Gasteiger partial charge in [0.05, 0.1) is 0 Å². The molecular weight excluding hydrogens is 258 g/mol. The molecular formula is C19H37NO. The number of carbonyl (C=O) groups excluding carboxylic acids is 1. The van der Waals surface area contributed by atoms with Gasteiger partial charge in [0.2, 0.25) is 5.91 Å². The molecule has 0 aromatic heterocycles. The molecule has 0 spiro atoms. The highest BCUT2D eigenvalue weighted by atomic mass is 16.1. The molecule has 0 radical (unpaired) electrons. The maximum atomic E-state index is 11.4. The van der Waals surface area contributed by atoms with E-state index in [2.05, 4.69) is 32.7 Å². The van der Waals surface area contributed by atoms with E-state index in [4.69, 9.17) is 0 Å². The van der Waals surface area contributed by atoms with E-state index in [1.54, 1.807) is 0 Å². The molecule has 1 amide bonds. The number of unbranched alkanes of at least 4 members (excludes halogenated alkanes) is 7. The highest BCUT2D eigenvalue weighted by Crippen LogP contribution is 2.30. The van der Waals surface area contributed by atoms with E-state index in [0.29, 0.717) is 0 Å². The van der Waals surface area contributed by atoms with Crippen LogP contribution in [-0.4, -0.2) is 12.5 Å². The lowest BCUT2D eigenvalue weighted by atomic mass is 9.79. The van der Waals surface area contributed by atoms with Crippen LogP contribution in [0.25, 0.3) is 0 Å². The van der Waals surface area contributed by atoms with E-state index in [1.165, 1.54) is 76.7 Å². The van der Waals surface area contributed by atoms with Crippen LogP contribution in [0.3, 0.4) is 0 Å². The standard InChI is InChI=1S/C19H37NO/c1-5-8-10-12-14-16-19(4,15-13-11-9-6-2)17-20-18(21)7-3/h7H,3,5-6,8-17H2,1-2,4H3,(H,20,21). The number of amides is 1. The highest BCUT2D eigenvalue weighted by molar-refractivity contribution is 5.86. The number of hydrogen-bond donors (Lipinski definition) is 1. The molecule has 2 nitrogen and oxygen atoms in total. The molecule has 124 valence electrons. The van der Waals surface area contributed by atoms with Crippen molar-refractivity contribution in [2.75, 3.05) is 6.54 Å². The van der Waals surface area contributed by atoms with Crippen LogP contribution in [0.15, 0.2) is 12.7 Å². The van der Waals surface area contributed by atoms with Crippen LogP contribution in [-0.2, 0) is 4.79 Å². The van der Waals surface area contributed by atoms with Gasteiger partial charge in [-0.1, -0.05) is 85.1 Å². The normalized spacial score (nSPS) is 13.7. The van der Waals surface area contributed by atoms with Gasteiger partial charge in [0, 0.05) is 6.54 Å². The van der Waals surface area contributed by atoms with Crippen LogP contribution < -0.4 is 5.32 Å². The topological polar surface area (TPSA) is 29.1 Å². The molecule has 0 saturated heterocycles. The van der Waals surface area contributed by atoms with Crippen molar-refractivity contribution in [2.24, 2.45) is 5.41 Å². The molecule has 0 aliphatic rings. The highest BCUT2D eigenvalue weighted by Gasteiger charge is 2.23. The third-order valence-corrected chi connectivity index (χ3v) is 4.39. The lowest BCUT2D eigenvalue weighted by Crippen LogP contribution is -2.35. The van der Waals surface area contributed by atoms with Gasteiger partial charge in [-0.2, -0.15) is 0 Å². The zero-order valence-electron chi connectivity index (χ0n) is 14.7. The Labute approximate surface area is 132 Å². The fourth-order valence-electron chi connectivity index (χ4n) is 2.81. The first kappa shape index (κ1) is 20.2. The molecule has 0 aliphatic carbocycles. The Hall–Kier alpha value is -0.790. The van der Waals surface area contributed by atoms with E-state index in [9.17, 15) is 4.79 Å². The molecule has 21 heavy (non-hydrogen) atoms. The van der Waals surface area contributed by atoms with E-state index in [1.807, 2.05) is 0 Å². The lowest BCUT2D eigenvalue weighted by molar-refractivity contribution is -0.117. The minimum atomic E-state index is -0.0410. The van der Waals surface area contributed by atoms with Crippen molar-refractivity contribution < 1.29 is 4.79 Å². The maximum Gasteiger partial charge on any atom is 0.243 e. The van der Waals surface area contributed by atoms with Gasteiger partial charge in [-0.15, -0.1) is 0 Å². The van der Waals surface area contributed by atoms with Crippen LogP contribution in [0.2, 0.25) is 0 Å². The van der Waals surface area contributed by atoms with Gasteiger partial charge in [-0.25, -0.2) is 0 Å². The van der Waals surface area contributed by atoms with Crippen LogP contribution in [0.4, 0.5) is 0 Å². The molecule has 0 fully saturated rings. The Morgan fingerprint density at radius 2 is 1.43 bits per heavy atom. The molecule has 0 bridgehead atoms. The minimum Gasteiger partial charge on any atom is -0.352 e. The number of nitrogens with one attached hydrogen (secondary N) is 1. The third kappa shape index (κ3) is 11.5. The zero-order valence-corrected chi connectivity index (χ0v) is 14.7.